The molecule has 3 aromatic rings. The summed E-state index contributed by atoms with van der Waals surface area (Å²) in [5.74, 6) is -2.08. The molecule has 1 heterocycles. The van der Waals surface area contributed by atoms with Crippen molar-refractivity contribution in [3.05, 3.63) is 64.8 Å². The van der Waals surface area contributed by atoms with E-state index >= 15 is 0 Å². The summed E-state index contributed by atoms with van der Waals surface area (Å²) in [6.07, 6.45) is 0. The number of esters is 2. The van der Waals surface area contributed by atoms with E-state index in [0.717, 1.165) is 14.2 Å². The van der Waals surface area contributed by atoms with E-state index in [1.807, 2.05) is 0 Å². The molecule has 0 aliphatic heterocycles. The van der Waals surface area contributed by atoms with Gasteiger partial charge in [-0.25, -0.2) is 14.3 Å². The molecule has 7 nitrogen and oxygen atoms in total. The summed E-state index contributed by atoms with van der Waals surface area (Å²) in [5, 5.41) is 4.51. The molecule has 3 rings (SSSR count). The van der Waals surface area contributed by atoms with Crippen LogP contribution in [-0.2, 0) is 9.47 Å². The Labute approximate surface area is 174 Å². The molecule has 0 spiro atoms. The fourth-order valence-electron chi connectivity index (χ4n) is 2.83. The van der Waals surface area contributed by atoms with Gasteiger partial charge in [0.2, 0.25) is 0 Å². The molecule has 0 saturated heterocycles. The Morgan fingerprint density at radius 1 is 1.03 bits per heavy atom. The van der Waals surface area contributed by atoms with E-state index < -0.39 is 18.6 Å². The molecule has 0 unspecified atom stereocenters. The van der Waals surface area contributed by atoms with Crippen LogP contribution in [0.3, 0.4) is 0 Å². The van der Waals surface area contributed by atoms with Crippen molar-refractivity contribution in [1.82, 2.24) is 9.78 Å². The highest BCUT2D eigenvalue weighted by Gasteiger charge is 2.32. The van der Waals surface area contributed by atoms with Gasteiger partial charge in [-0.1, -0.05) is 29.8 Å². The van der Waals surface area contributed by atoms with Gasteiger partial charge in [-0.2, -0.15) is 13.9 Å². The number of carbonyl (C=O) groups is 2. The van der Waals surface area contributed by atoms with Crippen molar-refractivity contribution in [2.75, 3.05) is 14.2 Å². The predicted molar refractivity (Wildman–Crippen MR) is 103 cm³/mol. The number of ether oxygens (including phenoxy) is 3. The van der Waals surface area contributed by atoms with Crippen molar-refractivity contribution < 1.29 is 32.6 Å². The molecule has 2 aromatic carbocycles. The summed E-state index contributed by atoms with van der Waals surface area (Å²) in [6, 6.07) is 12.3. The van der Waals surface area contributed by atoms with E-state index in [4.69, 9.17) is 21.1 Å². The minimum atomic E-state index is -3.14. The smallest absolute Gasteiger partial charge is 0.387 e. The second-order valence-corrected chi connectivity index (χ2v) is 6.26. The fourth-order valence-corrected chi connectivity index (χ4v) is 3.00. The molecule has 0 bridgehead atoms. The largest absolute Gasteiger partial charge is 0.465 e. The number of para-hydroxylation sites is 1. The van der Waals surface area contributed by atoms with Crippen LogP contribution >= 0.6 is 11.6 Å². The number of hydrogen-bond acceptors (Lipinski definition) is 6. The molecule has 0 aliphatic carbocycles. The average Bonchev–Trinajstić information content (AvgIpc) is 3.14. The summed E-state index contributed by atoms with van der Waals surface area (Å²) >= 11 is 6.04. The molecule has 1 aromatic heterocycles. The van der Waals surface area contributed by atoms with Gasteiger partial charge in [-0.3, -0.25) is 0 Å². The van der Waals surface area contributed by atoms with Crippen molar-refractivity contribution >= 4 is 23.5 Å². The van der Waals surface area contributed by atoms with E-state index in [2.05, 4.69) is 9.84 Å². The molecule has 0 atom stereocenters. The zero-order valence-corrected chi connectivity index (χ0v) is 16.5. The van der Waals surface area contributed by atoms with Gasteiger partial charge in [0, 0.05) is 10.6 Å². The quantitative estimate of drug-likeness (QED) is 0.534. The summed E-state index contributed by atoms with van der Waals surface area (Å²) in [5.41, 5.74) is -0.261. The van der Waals surface area contributed by atoms with Crippen LogP contribution in [0.25, 0.3) is 16.9 Å². The number of benzene rings is 2. The lowest BCUT2D eigenvalue weighted by Gasteiger charge is -2.10. The van der Waals surface area contributed by atoms with Gasteiger partial charge in [0.05, 0.1) is 19.9 Å². The van der Waals surface area contributed by atoms with E-state index in [1.54, 1.807) is 30.3 Å². The Kier molecular flexibility index (Phi) is 6.31. The summed E-state index contributed by atoms with van der Waals surface area (Å²) in [4.78, 5) is 25.2. The topological polar surface area (TPSA) is 79.7 Å². The molecule has 30 heavy (non-hydrogen) atoms. The van der Waals surface area contributed by atoms with Crippen LogP contribution in [-0.4, -0.2) is 42.6 Å². The van der Waals surface area contributed by atoms with Gasteiger partial charge in [0.1, 0.15) is 17.0 Å². The summed E-state index contributed by atoms with van der Waals surface area (Å²) in [6.45, 7) is -3.14. The third-order valence-electron chi connectivity index (χ3n) is 4.07. The first-order valence-electron chi connectivity index (χ1n) is 8.47. The Hall–Kier alpha value is -3.46. The third-order valence-corrected chi connectivity index (χ3v) is 4.30. The maximum absolute atomic E-state index is 12.9. The molecule has 0 fully saturated rings. The van der Waals surface area contributed by atoms with Crippen LogP contribution in [0.5, 0.6) is 5.75 Å². The third kappa shape index (κ3) is 4.11. The van der Waals surface area contributed by atoms with Gasteiger partial charge >= 0.3 is 18.6 Å². The second-order valence-electron chi connectivity index (χ2n) is 5.82. The van der Waals surface area contributed by atoms with Crippen molar-refractivity contribution in [3.63, 3.8) is 0 Å². The first kappa shape index (κ1) is 21.3. The fraction of sp³-hybridized carbons (Fsp3) is 0.150. The zero-order valence-electron chi connectivity index (χ0n) is 15.8. The van der Waals surface area contributed by atoms with Crippen LogP contribution in [0, 0.1) is 0 Å². The molecule has 0 radical (unpaired) electrons. The number of alkyl halides is 2. The number of rotatable bonds is 6. The summed E-state index contributed by atoms with van der Waals surface area (Å²) < 4.78 is 41.2. The standard InChI is InChI=1S/C20H15ClF2N2O5/c1-28-18(26)15-16(13-10-11(21)8-9-14(13)30-20(22)23)24-25(17(15)19(27)29-2)12-6-4-3-5-7-12/h3-10,20H,1-2H3. The maximum atomic E-state index is 12.9. The van der Waals surface area contributed by atoms with Crippen molar-refractivity contribution in [3.8, 4) is 22.7 Å². The lowest BCUT2D eigenvalue weighted by atomic mass is 10.0. The van der Waals surface area contributed by atoms with Gasteiger partial charge in [-0.05, 0) is 30.3 Å². The zero-order chi connectivity index (χ0) is 21.8. The summed E-state index contributed by atoms with van der Waals surface area (Å²) in [7, 11) is 2.25. The van der Waals surface area contributed by atoms with E-state index in [9.17, 15) is 18.4 Å². The van der Waals surface area contributed by atoms with Crippen LogP contribution in [0.1, 0.15) is 20.8 Å². The molecular formula is C20H15ClF2N2O5. The first-order valence-corrected chi connectivity index (χ1v) is 8.85. The van der Waals surface area contributed by atoms with Crippen molar-refractivity contribution in [2.45, 2.75) is 6.61 Å². The second kappa shape index (κ2) is 8.91. The van der Waals surface area contributed by atoms with Gasteiger partial charge in [0.25, 0.3) is 0 Å². The van der Waals surface area contributed by atoms with Gasteiger partial charge < -0.3 is 14.2 Å². The van der Waals surface area contributed by atoms with Crippen LogP contribution < -0.4 is 4.74 Å². The highest BCUT2D eigenvalue weighted by Crippen LogP contribution is 2.37. The van der Waals surface area contributed by atoms with Crippen molar-refractivity contribution in [2.24, 2.45) is 0 Å². The van der Waals surface area contributed by atoms with Crippen molar-refractivity contribution in [1.29, 1.82) is 0 Å². The Balaban J connectivity index is 2.38. The Morgan fingerprint density at radius 3 is 2.30 bits per heavy atom. The maximum Gasteiger partial charge on any atom is 0.387 e. The minimum absolute atomic E-state index is 0.0250. The first-order chi connectivity index (χ1) is 14.4. The molecule has 0 saturated carbocycles. The molecular weight excluding hydrogens is 422 g/mol. The Bertz CT molecular complexity index is 1090. The number of methoxy groups -OCH3 is 2. The average molecular weight is 437 g/mol. The van der Waals surface area contributed by atoms with Crippen LogP contribution in [0.2, 0.25) is 5.02 Å². The van der Waals surface area contributed by atoms with Crippen LogP contribution in [0.15, 0.2) is 48.5 Å². The molecule has 0 aliphatic rings. The minimum Gasteiger partial charge on any atom is -0.465 e. The van der Waals surface area contributed by atoms with Crippen LogP contribution in [0.4, 0.5) is 8.78 Å². The van der Waals surface area contributed by atoms with E-state index in [0.29, 0.717) is 5.69 Å². The van der Waals surface area contributed by atoms with E-state index in [1.165, 1.54) is 22.9 Å². The number of hydrogen-bond donors (Lipinski definition) is 0. The highest BCUT2D eigenvalue weighted by molar-refractivity contribution is 6.31. The van der Waals surface area contributed by atoms with E-state index in [-0.39, 0.29) is 33.3 Å². The number of nitrogens with zero attached hydrogens (tertiary/aromatic N) is 2. The SMILES string of the molecule is COC(=O)c1c(-c2cc(Cl)ccc2OC(F)F)nn(-c2ccccc2)c1C(=O)OC. The van der Waals surface area contributed by atoms with Gasteiger partial charge in [0.15, 0.2) is 5.69 Å². The molecule has 0 amide bonds. The molecule has 156 valence electrons. The predicted octanol–water partition coefficient (Wildman–Crippen LogP) is 4.37. The normalized spacial score (nSPS) is 10.7. The number of carbonyl (C=O) groups excluding carboxylic acids is 2. The molecule has 0 N–H and O–H groups in total. The highest BCUT2D eigenvalue weighted by atomic mass is 35.5. The number of aromatic nitrogens is 2. The monoisotopic (exact) mass is 436 g/mol. The number of halogens is 3. The Morgan fingerprint density at radius 2 is 1.70 bits per heavy atom. The lowest BCUT2D eigenvalue weighted by molar-refractivity contribution is -0.0494. The van der Waals surface area contributed by atoms with Gasteiger partial charge in [-0.15, -0.1) is 0 Å². The molecule has 10 heteroatoms. The lowest BCUT2D eigenvalue weighted by Crippen LogP contribution is -2.15.